The molecule has 46 heavy (non-hydrogen) atoms. The molecule has 12 nitrogen and oxygen atoms in total. The molecule has 0 spiro atoms. The number of Topliss-reactive ketones (excluding diaryl/α,β-unsaturated/α-hetero) is 1. The van der Waals surface area contributed by atoms with Crippen LogP contribution >= 0.6 is 0 Å². The van der Waals surface area contributed by atoms with Gasteiger partial charge in [-0.1, -0.05) is 25.7 Å². The summed E-state index contributed by atoms with van der Waals surface area (Å²) in [6, 6.07) is -1.02. The zero-order valence-electron chi connectivity index (χ0n) is 27.5. The van der Waals surface area contributed by atoms with Gasteiger partial charge in [0.1, 0.15) is 11.8 Å². The van der Waals surface area contributed by atoms with Crippen LogP contribution in [0.2, 0.25) is 0 Å². The molecule has 3 saturated carbocycles. The van der Waals surface area contributed by atoms with Gasteiger partial charge in [-0.25, -0.2) is 9.18 Å². The van der Waals surface area contributed by atoms with E-state index in [2.05, 4.69) is 25.4 Å². The molecule has 9 unspecified atom stereocenters. The lowest BCUT2D eigenvalue weighted by Gasteiger charge is -2.61. The summed E-state index contributed by atoms with van der Waals surface area (Å²) in [5, 5.41) is 5.82. The lowest BCUT2D eigenvalue weighted by molar-refractivity contribution is -0.219. The molecule has 0 aromatic heterocycles. The molecule has 3 aliphatic heterocycles. The molecule has 2 amide bonds. The number of fused-ring (bicyclic) bond motifs is 3. The third-order valence-electron chi connectivity index (χ3n) is 11.0. The summed E-state index contributed by atoms with van der Waals surface area (Å²) in [4.78, 5) is 48.1. The van der Waals surface area contributed by atoms with Gasteiger partial charge >= 0.3 is 6.09 Å². The van der Waals surface area contributed by atoms with Gasteiger partial charge in [0.15, 0.2) is 11.7 Å². The number of amides is 2. The number of rotatable bonds is 7. The largest absolute Gasteiger partial charge is 0.444 e. The Morgan fingerprint density at radius 3 is 2.57 bits per heavy atom. The maximum atomic E-state index is 16.5. The van der Waals surface area contributed by atoms with Crippen LogP contribution in [0.1, 0.15) is 78.6 Å². The minimum Gasteiger partial charge on any atom is -0.444 e. The van der Waals surface area contributed by atoms with Gasteiger partial charge in [-0.2, -0.15) is 0 Å². The number of nitrogens with one attached hydrogen (secondary N) is 2. The van der Waals surface area contributed by atoms with Gasteiger partial charge in [-0.15, -0.1) is 0 Å². The van der Waals surface area contributed by atoms with Crippen molar-refractivity contribution in [2.45, 2.75) is 127 Å². The summed E-state index contributed by atoms with van der Waals surface area (Å²) in [5.74, 6) is -0.249. The monoisotopic (exact) mass is 645 g/mol. The third-order valence-corrected chi connectivity index (χ3v) is 11.0. The highest BCUT2D eigenvalue weighted by Crippen LogP contribution is 2.51. The van der Waals surface area contributed by atoms with Crippen LogP contribution in [0.4, 0.5) is 9.18 Å². The van der Waals surface area contributed by atoms with E-state index >= 15 is 4.39 Å². The number of nitrogens with two attached hydrogens (primary N) is 2. The fraction of sp³-hybridized carbons (Fsp3) is 0.818. The van der Waals surface area contributed by atoms with Crippen molar-refractivity contribution in [3.63, 3.8) is 0 Å². The molecule has 2 saturated heterocycles. The Bertz CT molecular complexity index is 1240. The van der Waals surface area contributed by atoms with E-state index in [9.17, 15) is 14.4 Å². The van der Waals surface area contributed by atoms with Crippen molar-refractivity contribution in [1.82, 2.24) is 20.4 Å². The number of morpholine rings is 1. The number of carbonyl (C=O) groups is 3. The molecule has 10 atom stereocenters. The van der Waals surface area contributed by atoms with Crippen molar-refractivity contribution in [2.24, 2.45) is 34.2 Å². The molecule has 6 rings (SSSR count). The minimum atomic E-state index is -1.32. The number of halogens is 1. The topological polar surface area (TPSA) is 165 Å². The van der Waals surface area contributed by atoms with Crippen LogP contribution in [-0.2, 0) is 19.1 Å². The maximum Gasteiger partial charge on any atom is 0.407 e. The molecule has 6 aliphatic rings. The lowest BCUT2D eigenvalue weighted by atomic mass is 9.64. The number of hydrogen-bond donors (Lipinski definition) is 4. The average molecular weight is 646 g/mol. The van der Waals surface area contributed by atoms with Gasteiger partial charge in [0.05, 0.1) is 35.9 Å². The second-order valence-electron chi connectivity index (χ2n) is 15.2. The molecule has 0 radical (unpaired) electrons. The molecule has 13 heteroatoms. The van der Waals surface area contributed by atoms with E-state index in [0.717, 1.165) is 12.8 Å². The number of aliphatic imine (C=N–C) groups is 1. The number of nitrogens with zero attached hydrogens (tertiary/aromatic N) is 3. The predicted octanol–water partition coefficient (Wildman–Crippen LogP) is 1.97. The highest BCUT2D eigenvalue weighted by Gasteiger charge is 2.61. The van der Waals surface area contributed by atoms with E-state index in [-0.39, 0.29) is 48.0 Å². The number of ketones is 1. The normalized spacial score (nSPS) is 37.3. The van der Waals surface area contributed by atoms with E-state index in [1.165, 1.54) is 25.7 Å². The summed E-state index contributed by atoms with van der Waals surface area (Å²) in [6.45, 7) is 7.25. The van der Waals surface area contributed by atoms with Crippen LogP contribution < -0.4 is 22.1 Å². The maximum absolute atomic E-state index is 16.5. The van der Waals surface area contributed by atoms with Crippen molar-refractivity contribution in [1.29, 1.82) is 0 Å². The first kappa shape index (κ1) is 33.0. The van der Waals surface area contributed by atoms with Gasteiger partial charge < -0.3 is 36.5 Å². The highest BCUT2D eigenvalue weighted by molar-refractivity contribution is 6.20. The minimum absolute atomic E-state index is 0.00761. The zero-order chi connectivity index (χ0) is 32.7. The van der Waals surface area contributed by atoms with Gasteiger partial charge in [0.2, 0.25) is 0 Å². The first-order valence-electron chi connectivity index (χ1n) is 17.3. The third kappa shape index (κ3) is 6.86. The molecule has 3 heterocycles. The van der Waals surface area contributed by atoms with Gasteiger partial charge in [0.25, 0.3) is 5.91 Å². The number of alkyl carbamates (subject to hydrolysis) is 1. The van der Waals surface area contributed by atoms with Crippen molar-refractivity contribution in [3.05, 3.63) is 11.8 Å². The first-order chi connectivity index (χ1) is 21.9. The van der Waals surface area contributed by atoms with Gasteiger partial charge in [0, 0.05) is 44.3 Å². The van der Waals surface area contributed by atoms with E-state index in [1.54, 1.807) is 6.20 Å². The predicted molar refractivity (Wildman–Crippen MR) is 170 cm³/mol. The van der Waals surface area contributed by atoms with E-state index in [0.29, 0.717) is 50.9 Å². The van der Waals surface area contributed by atoms with Crippen LogP contribution in [0.5, 0.6) is 0 Å². The quantitative estimate of drug-likeness (QED) is 0.140. The Morgan fingerprint density at radius 2 is 1.85 bits per heavy atom. The Labute approximate surface area is 271 Å². The van der Waals surface area contributed by atoms with E-state index in [4.69, 9.17) is 20.9 Å². The molecule has 0 aromatic rings. The summed E-state index contributed by atoms with van der Waals surface area (Å²) in [7, 11) is 0. The number of alkyl halides is 1. The number of carbonyl (C=O) groups excluding carboxylic acids is 3. The Hall–Kier alpha value is -2.93. The molecule has 3 aliphatic carbocycles. The number of guanidine groups is 1. The Kier molecular flexibility index (Phi) is 9.53. The Morgan fingerprint density at radius 1 is 1.11 bits per heavy atom. The molecule has 5 fully saturated rings. The van der Waals surface area contributed by atoms with Crippen LogP contribution in [0, 0.1) is 17.8 Å². The average Bonchev–Trinajstić information content (AvgIpc) is 3.43. The SMILES string of the molecule is CC(C)(C)OC(=O)N[C@@H]1CCN(C2C(F)CC3C(=O)C(C(=O)NCCCN=C(N)N)=CN4C5CC6CCCCC6CC5OC2C34)C1. The van der Waals surface area contributed by atoms with Crippen LogP contribution in [0.25, 0.3) is 0 Å². The first-order valence-corrected chi connectivity index (χ1v) is 17.3. The smallest absolute Gasteiger partial charge is 0.407 e. The molecular formula is C33H52FN7O5. The molecule has 0 aromatic carbocycles. The fourth-order valence-corrected chi connectivity index (χ4v) is 9.10. The summed E-state index contributed by atoms with van der Waals surface area (Å²) < 4.78 is 28.9. The summed E-state index contributed by atoms with van der Waals surface area (Å²) in [6.07, 6.45) is 7.31. The molecule has 6 N–H and O–H groups in total. The van der Waals surface area contributed by atoms with Crippen LogP contribution in [0.3, 0.4) is 0 Å². The number of likely N-dealkylation sites (tertiary alicyclic amines) is 1. The summed E-state index contributed by atoms with van der Waals surface area (Å²) in [5.41, 5.74) is 10.3. The number of hydrogen-bond acceptors (Lipinski definition) is 8. The molecular weight excluding hydrogens is 593 g/mol. The number of ether oxygens (including phenoxy) is 2. The second kappa shape index (κ2) is 13.3. The molecule has 0 bridgehead atoms. The van der Waals surface area contributed by atoms with Crippen molar-refractivity contribution >= 4 is 23.7 Å². The van der Waals surface area contributed by atoms with E-state index in [1.807, 2.05) is 20.8 Å². The molecule has 256 valence electrons. The standard InChI is InChI=1S/C33H52FN7O5/c1-33(2,3)46-32(44)39-20-9-12-40(16-20)27-23(34)15-21-26-29(27)45-25-14-19-8-5-4-7-18(19)13-24(25)41(26)17-22(28(21)42)30(43)37-10-6-11-38-31(35)36/h17-21,23-27,29H,4-16H2,1-3H3,(H,37,43)(H,39,44)(H4,35,36,38)/t18?,19?,20-,21?,23?,24?,25?,26?,27?,29?/m1/s1. The van der Waals surface area contributed by atoms with Crippen molar-refractivity contribution in [3.8, 4) is 0 Å². The zero-order valence-corrected chi connectivity index (χ0v) is 27.5. The fourth-order valence-electron chi connectivity index (χ4n) is 9.10. The highest BCUT2D eigenvalue weighted by atomic mass is 19.1. The van der Waals surface area contributed by atoms with E-state index < -0.39 is 41.8 Å². The Balaban J connectivity index is 1.24. The van der Waals surface area contributed by atoms with Crippen LogP contribution in [0.15, 0.2) is 16.8 Å². The van der Waals surface area contributed by atoms with Crippen LogP contribution in [-0.4, -0.2) is 108 Å². The van der Waals surface area contributed by atoms with Crippen molar-refractivity contribution in [2.75, 3.05) is 26.2 Å². The second-order valence-corrected chi connectivity index (χ2v) is 15.2. The van der Waals surface area contributed by atoms with Gasteiger partial charge in [-0.05, 0) is 64.7 Å². The van der Waals surface area contributed by atoms with Gasteiger partial charge in [-0.3, -0.25) is 19.5 Å². The lowest BCUT2D eigenvalue weighted by Crippen LogP contribution is -2.73. The van der Waals surface area contributed by atoms with Crippen molar-refractivity contribution < 1.29 is 28.2 Å². The summed E-state index contributed by atoms with van der Waals surface area (Å²) >= 11 is 0.